The van der Waals surface area contributed by atoms with Gasteiger partial charge < -0.3 is 11.1 Å². The van der Waals surface area contributed by atoms with Crippen molar-refractivity contribution in [3.63, 3.8) is 0 Å². The molecule has 16 heavy (non-hydrogen) atoms. The molecule has 3 nitrogen and oxygen atoms in total. The Morgan fingerprint density at radius 3 is 2.56 bits per heavy atom. The average Bonchev–Trinajstić information content (AvgIpc) is 2.19. The van der Waals surface area contributed by atoms with E-state index in [2.05, 4.69) is 5.32 Å². The molecule has 1 aromatic carbocycles. The highest BCUT2D eigenvalue weighted by Crippen LogP contribution is 2.16. The lowest BCUT2D eigenvalue weighted by Crippen LogP contribution is -2.36. The Morgan fingerprint density at radius 1 is 1.44 bits per heavy atom. The lowest BCUT2D eigenvalue weighted by molar-refractivity contribution is -0.119. The summed E-state index contributed by atoms with van der Waals surface area (Å²) in [6.07, 6.45) is 0.587. The van der Waals surface area contributed by atoms with Crippen molar-refractivity contribution in [3.8, 4) is 0 Å². The third-order valence-electron chi connectivity index (χ3n) is 2.25. The Hall–Kier alpha value is -1.58. The molecule has 0 fully saturated rings. The number of primary amides is 1. The minimum absolute atomic E-state index is 0.312. The lowest BCUT2D eigenvalue weighted by Gasteiger charge is -2.18. The minimum atomic E-state index is -0.531. The molecular formula is C12H17FN2O. The first-order valence-corrected chi connectivity index (χ1v) is 5.31. The van der Waals surface area contributed by atoms with Crippen LogP contribution < -0.4 is 11.1 Å². The maximum absolute atomic E-state index is 13.3. The van der Waals surface area contributed by atoms with Crippen LogP contribution in [0.25, 0.3) is 0 Å². The molecule has 0 aliphatic carbocycles. The van der Waals surface area contributed by atoms with Crippen molar-refractivity contribution < 1.29 is 9.18 Å². The van der Waals surface area contributed by atoms with Crippen LogP contribution in [0.2, 0.25) is 0 Å². The molecule has 0 spiro atoms. The number of nitrogens with one attached hydrogen (secondary N) is 1. The van der Waals surface area contributed by atoms with E-state index >= 15 is 0 Å². The fourth-order valence-corrected chi connectivity index (χ4v) is 1.48. The standard InChI is InChI=1S/C12H17FN2O/c1-8(2)7-11(12(14)16)15-10-6-4-3-5-9(10)13/h3-6,8,11,15H,7H2,1-2H3,(H2,14,16). The van der Waals surface area contributed by atoms with Gasteiger partial charge in [-0.15, -0.1) is 0 Å². The van der Waals surface area contributed by atoms with Gasteiger partial charge in [-0.2, -0.15) is 0 Å². The second-order valence-electron chi connectivity index (χ2n) is 4.21. The second-order valence-corrected chi connectivity index (χ2v) is 4.21. The fourth-order valence-electron chi connectivity index (χ4n) is 1.48. The number of anilines is 1. The van der Waals surface area contributed by atoms with Crippen LogP contribution in [-0.2, 0) is 4.79 Å². The van der Waals surface area contributed by atoms with Gasteiger partial charge in [0.15, 0.2) is 0 Å². The van der Waals surface area contributed by atoms with Crippen LogP contribution in [0.5, 0.6) is 0 Å². The van der Waals surface area contributed by atoms with Gasteiger partial charge in [-0.1, -0.05) is 26.0 Å². The van der Waals surface area contributed by atoms with E-state index in [9.17, 15) is 9.18 Å². The van der Waals surface area contributed by atoms with Crippen LogP contribution in [-0.4, -0.2) is 11.9 Å². The van der Waals surface area contributed by atoms with Crippen LogP contribution >= 0.6 is 0 Å². The van der Waals surface area contributed by atoms with Gasteiger partial charge in [-0.3, -0.25) is 4.79 Å². The molecule has 0 aliphatic heterocycles. The van der Waals surface area contributed by atoms with Crippen LogP contribution in [0.4, 0.5) is 10.1 Å². The largest absolute Gasteiger partial charge is 0.371 e. The molecule has 3 N–H and O–H groups in total. The molecule has 88 valence electrons. The number of para-hydroxylation sites is 1. The monoisotopic (exact) mass is 224 g/mol. The first-order valence-electron chi connectivity index (χ1n) is 5.31. The number of benzene rings is 1. The van der Waals surface area contributed by atoms with Crippen molar-refractivity contribution in [1.82, 2.24) is 0 Å². The predicted octanol–water partition coefficient (Wildman–Crippen LogP) is 2.14. The van der Waals surface area contributed by atoms with E-state index in [1.165, 1.54) is 6.07 Å². The second kappa shape index (κ2) is 5.49. The Balaban J connectivity index is 2.76. The lowest BCUT2D eigenvalue weighted by atomic mass is 10.0. The Kier molecular flexibility index (Phi) is 4.28. The molecule has 1 unspecified atom stereocenters. The number of carbonyl (C=O) groups excluding carboxylic acids is 1. The van der Waals surface area contributed by atoms with E-state index in [-0.39, 0.29) is 5.82 Å². The van der Waals surface area contributed by atoms with Gasteiger partial charge in [0.2, 0.25) is 5.91 Å². The molecule has 1 aromatic rings. The molecule has 0 bridgehead atoms. The molecule has 1 amide bonds. The SMILES string of the molecule is CC(C)CC(Nc1ccccc1F)C(N)=O. The molecule has 1 atom stereocenters. The third-order valence-corrected chi connectivity index (χ3v) is 2.25. The van der Waals surface area contributed by atoms with E-state index < -0.39 is 11.9 Å². The van der Waals surface area contributed by atoms with Gasteiger partial charge in [0.1, 0.15) is 11.9 Å². The van der Waals surface area contributed by atoms with Gasteiger partial charge in [-0.25, -0.2) is 4.39 Å². The summed E-state index contributed by atoms with van der Waals surface area (Å²) in [4.78, 5) is 11.2. The van der Waals surface area contributed by atoms with Crippen molar-refractivity contribution in [2.75, 3.05) is 5.32 Å². The van der Waals surface area contributed by atoms with Crippen LogP contribution in [0.15, 0.2) is 24.3 Å². The molecule has 0 radical (unpaired) electrons. The van der Waals surface area contributed by atoms with E-state index in [1.54, 1.807) is 18.2 Å². The van der Waals surface area contributed by atoms with Crippen molar-refractivity contribution in [2.24, 2.45) is 11.7 Å². The zero-order valence-corrected chi connectivity index (χ0v) is 9.53. The summed E-state index contributed by atoms with van der Waals surface area (Å²) in [5.74, 6) is -0.522. The molecular weight excluding hydrogens is 207 g/mol. The number of rotatable bonds is 5. The summed E-state index contributed by atoms with van der Waals surface area (Å²) in [6, 6.07) is 5.71. The van der Waals surface area contributed by atoms with E-state index in [4.69, 9.17) is 5.73 Å². The van der Waals surface area contributed by atoms with E-state index in [1.807, 2.05) is 13.8 Å². The third kappa shape index (κ3) is 3.53. The van der Waals surface area contributed by atoms with Gasteiger partial charge in [-0.05, 0) is 24.5 Å². The molecule has 4 heteroatoms. The van der Waals surface area contributed by atoms with Crippen molar-refractivity contribution in [3.05, 3.63) is 30.1 Å². The van der Waals surface area contributed by atoms with Crippen LogP contribution in [0.1, 0.15) is 20.3 Å². The Labute approximate surface area is 94.8 Å². The fraction of sp³-hybridized carbons (Fsp3) is 0.417. The minimum Gasteiger partial charge on any atom is -0.371 e. The Bertz CT molecular complexity index is 366. The smallest absolute Gasteiger partial charge is 0.239 e. The van der Waals surface area contributed by atoms with Crippen molar-refractivity contribution >= 4 is 11.6 Å². The highest BCUT2D eigenvalue weighted by atomic mass is 19.1. The summed E-state index contributed by atoms with van der Waals surface area (Å²) in [7, 11) is 0. The van der Waals surface area contributed by atoms with Crippen LogP contribution in [0, 0.1) is 11.7 Å². The number of nitrogens with two attached hydrogens (primary N) is 1. The molecule has 0 saturated heterocycles. The molecule has 0 saturated carbocycles. The quantitative estimate of drug-likeness (QED) is 0.805. The normalized spacial score (nSPS) is 12.5. The Morgan fingerprint density at radius 2 is 2.06 bits per heavy atom. The highest BCUT2D eigenvalue weighted by molar-refractivity contribution is 5.82. The average molecular weight is 224 g/mol. The summed E-state index contributed by atoms with van der Waals surface area (Å²) in [5.41, 5.74) is 5.57. The summed E-state index contributed by atoms with van der Waals surface area (Å²) >= 11 is 0. The molecule has 0 aromatic heterocycles. The van der Waals surface area contributed by atoms with Gasteiger partial charge in [0, 0.05) is 0 Å². The number of halogens is 1. The number of amides is 1. The van der Waals surface area contributed by atoms with Gasteiger partial charge >= 0.3 is 0 Å². The molecule has 0 heterocycles. The van der Waals surface area contributed by atoms with Crippen molar-refractivity contribution in [2.45, 2.75) is 26.3 Å². The maximum atomic E-state index is 13.3. The summed E-state index contributed by atoms with van der Waals surface area (Å²) < 4.78 is 13.3. The topological polar surface area (TPSA) is 55.1 Å². The van der Waals surface area contributed by atoms with Crippen molar-refractivity contribution in [1.29, 1.82) is 0 Å². The summed E-state index contributed by atoms with van der Waals surface area (Å²) in [6.45, 7) is 3.97. The first-order chi connectivity index (χ1) is 7.50. The van der Waals surface area contributed by atoms with Gasteiger partial charge in [0.25, 0.3) is 0 Å². The number of hydrogen-bond acceptors (Lipinski definition) is 2. The number of hydrogen-bond donors (Lipinski definition) is 2. The highest BCUT2D eigenvalue weighted by Gasteiger charge is 2.17. The molecule has 1 rings (SSSR count). The zero-order valence-electron chi connectivity index (χ0n) is 9.53. The van der Waals surface area contributed by atoms with E-state index in [0.29, 0.717) is 18.0 Å². The zero-order chi connectivity index (χ0) is 12.1. The first kappa shape index (κ1) is 12.5. The van der Waals surface area contributed by atoms with Gasteiger partial charge in [0.05, 0.1) is 5.69 Å². The summed E-state index contributed by atoms with van der Waals surface area (Å²) in [5, 5.41) is 2.83. The molecule has 0 aliphatic rings. The number of carbonyl (C=O) groups is 1. The van der Waals surface area contributed by atoms with E-state index in [0.717, 1.165) is 0 Å². The maximum Gasteiger partial charge on any atom is 0.239 e. The van der Waals surface area contributed by atoms with Crippen LogP contribution in [0.3, 0.4) is 0 Å². The predicted molar refractivity (Wildman–Crippen MR) is 62.5 cm³/mol.